The number of esters is 2. The van der Waals surface area contributed by atoms with Crippen LogP contribution in [0, 0.1) is 23.6 Å². The molecule has 3 aromatic rings. The smallest absolute Gasteiger partial charge is 0.309 e. The van der Waals surface area contributed by atoms with Crippen molar-refractivity contribution >= 4 is 17.7 Å². The van der Waals surface area contributed by atoms with E-state index in [2.05, 4.69) is 24.0 Å². The van der Waals surface area contributed by atoms with Crippen LogP contribution in [0.5, 0.6) is 11.5 Å². The quantitative estimate of drug-likeness (QED) is 0.107. The van der Waals surface area contributed by atoms with E-state index in [1.807, 2.05) is 25.1 Å². The van der Waals surface area contributed by atoms with Gasteiger partial charge in [-0.2, -0.15) is 0 Å². The molecule has 0 unspecified atom stereocenters. The zero-order valence-corrected chi connectivity index (χ0v) is 25.4. The van der Waals surface area contributed by atoms with Gasteiger partial charge in [-0.15, -0.1) is 0 Å². The molecule has 43 heavy (non-hydrogen) atoms. The zero-order chi connectivity index (χ0) is 31.4. The summed E-state index contributed by atoms with van der Waals surface area (Å²) >= 11 is 0. The molecule has 0 saturated carbocycles. The number of ketones is 1. The van der Waals surface area contributed by atoms with Crippen LogP contribution >= 0.6 is 0 Å². The van der Waals surface area contributed by atoms with Gasteiger partial charge in [-0.3, -0.25) is 14.4 Å². The van der Waals surface area contributed by atoms with Crippen molar-refractivity contribution < 1.29 is 37.7 Å². The molecule has 1 heterocycles. The Balaban J connectivity index is 1.74. The Morgan fingerprint density at radius 1 is 0.930 bits per heavy atom. The van der Waals surface area contributed by atoms with Gasteiger partial charge in [0.05, 0.1) is 13.0 Å². The molecule has 0 saturated heterocycles. The number of pyridine rings is 1. The largest absolute Gasteiger partial charge is 0.493 e. The van der Waals surface area contributed by atoms with Crippen LogP contribution in [0.4, 0.5) is 4.39 Å². The first-order chi connectivity index (χ1) is 20.6. The number of aromatic nitrogens is 1. The van der Waals surface area contributed by atoms with Gasteiger partial charge in [-0.1, -0.05) is 62.7 Å². The molecular formula is C34H40FNO7. The van der Waals surface area contributed by atoms with Crippen molar-refractivity contribution in [3.63, 3.8) is 0 Å². The number of benzene rings is 2. The predicted molar refractivity (Wildman–Crippen MR) is 159 cm³/mol. The molecular weight excluding hydrogens is 553 g/mol. The van der Waals surface area contributed by atoms with Gasteiger partial charge in [0.2, 0.25) is 6.79 Å². The Labute approximate surface area is 252 Å². The average Bonchev–Trinajstić information content (AvgIpc) is 2.99. The van der Waals surface area contributed by atoms with Gasteiger partial charge < -0.3 is 18.9 Å². The number of halogens is 1. The number of carbonyl (C=O) groups is 3. The molecule has 0 radical (unpaired) electrons. The van der Waals surface area contributed by atoms with Crippen molar-refractivity contribution in [2.45, 2.75) is 59.5 Å². The summed E-state index contributed by atoms with van der Waals surface area (Å²) in [4.78, 5) is 41.8. The molecule has 9 heteroatoms. The highest BCUT2D eigenvalue weighted by molar-refractivity contribution is 5.99. The number of Topliss-reactive ketones (excluding diaryl/α,β-unsaturated/α-hetero) is 1. The van der Waals surface area contributed by atoms with E-state index >= 15 is 0 Å². The van der Waals surface area contributed by atoms with Gasteiger partial charge in [0.1, 0.15) is 11.9 Å². The molecule has 0 bridgehead atoms. The first-order valence-corrected chi connectivity index (χ1v) is 14.4. The van der Waals surface area contributed by atoms with Crippen LogP contribution in [0.2, 0.25) is 0 Å². The van der Waals surface area contributed by atoms with Crippen LogP contribution in [0.25, 0.3) is 0 Å². The Hall–Kier alpha value is -4.27. The van der Waals surface area contributed by atoms with Crippen LogP contribution in [-0.4, -0.2) is 42.7 Å². The maximum absolute atomic E-state index is 13.6. The fraction of sp³-hybridized carbons (Fsp3) is 0.412. The van der Waals surface area contributed by atoms with Crippen molar-refractivity contribution in [1.29, 1.82) is 0 Å². The molecule has 4 atom stereocenters. The maximum atomic E-state index is 13.6. The summed E-state index contributed by atoms with van der Waals surface area (Å²) in [5.41, 5.74) is 2.10. The Morgan fingerprint density at radius 2 is 1.60 bits per heavy atom. The summed E-state index contributed by atoms with van der Waals surface area (Å²) in [6.07, 6.45) is 3.00. The molecule has 0 fully saturated rings. The summed E-state index contributed by atoms with van der Waals surface area (Å²) in [5, 5.41) is 0. The molecule has 230 valence electrons. The van der Waals surface area contributed by atoms with Gasteiger partial charge >= 0.3 is 11.9 Å². The molecule has 2 aromatic carbocycles. The summed E-state index contributed by atoms with van der Waals surface area (Å²) in [5.74, 6) is -2.19. The Morgan fingerprint density at radius 3 is 2.23 bits per heavy atom. The van der Waals surface area contributed by atoms with Crippen molar-refractivity contribution in [1.82, 2.24) is 4.98 Å². The highest BCUT2D eigenvalue weighted by Gasteiger charge is 2.31. The minimum absolute atomic E-state index is 0.0243. The number of methoxy groups -OCH3 is 1. The van der Waals surface area contributed by atoms with Crippen molar-refractivity contribution in [3.8, 4) is 11.5 Å². The lowest BCUT2D eigenvalue weighted by molar-refractivity contribution is -0.156. The van der Waals surface area contributed by atoms with E-state index in [0.717, 1.165) is 18.4 Å². The molecule has 0 aliphatic heterocycles. The normalized spacial score (nSPS) is 13.7. The van der Waals surface area contributed by atoms with Crippen molar-refractivity contribution in [2.24, 2.45) is 17.8 Å². The summed E-state index contributed by atoms with van der Waals surface area (Å²) < 4.78 is 35.2. The van der Waals surface area contributed by atoms with Crippen LogP contribution < -0.4 is 9.47 Å². The van der Waals surface area contributed by atoms with Crippen LogP contribution in [0.3, 0.4) is 0 Å². The highest BCUT2D eigenvalue weighted by Crippen LogP contribution is 2.32. The Bertz CT molecular complexity index is 1350. The minimum atomic E-state index is -0.773. The van der Waals surface area contributed by atoms with Gasteiger partial charge in [-0.25, -0.2) is 9.37 Å². The summed E-state index contributed by atoms with van der Waals surface area (Å²) in [7, 11) is 1.41. The van der Waals surface area contributed by atoms with Crippen LogP contribution in [0.15, 0.2) is 66.9 Å². The van der Waals surface area contributed by atoms with Crippen LogP contribution in [0.1, 0.15) is 62.2 Å². The molecule has 0 spiro atoms. The van der Waals surface area contributed by atoms with Gasteiger partial charge in [0, 0.05) is 31.5 Å². The molecule has 1 aromatic heterocycles. The standard InChI is InChI=1S/C34H40FNO7/c1-6-27(19-25-10-8-7-9-11-25)29(20-26-12-14-28(35)15-13-26)23(3)43-34(39)22(2)18-30(38)32-33(42-21-41-24(4)37)31(40-5)16-17-36-32/h7-17,22-23,27,29H,6,18-21H2,1-5H3/t22-,23+,27-,29+/m1/s1. The number of rotatable bonds is 16. The van der Waals surface area contributed by atoms with Gasteiger partial charge in [0.15, 0.2) is 23.0 Å². The maximum Gasteiger partial charge on any atom is 0.309 e. The SMILES string of the molecule is CC[C@H](Cc1ccccc1)[C@@H](Cc1ccc(F)cc1)[C@H](C)OC(=O)[C@H](C)CC(=O)c1nccc(OC)c1OCOC(C)=O. The van der Waals surface area contributed by atoms with E-state index in [4.69, 9.17) is 18.9 Å². The Kier molecular flexibility index (Phi) is 12.7. The van der Waals surface area contributed by atoms with Crippen LogP contribution in [-0.2, 0) is 31.9 Å². The third-order valence-corrected chi connectivity index (χ3v) is 7.47. The predicted octanol–water partition coefficient (Wildman–Crippen LogP) is 6.40. The van der Waals surface area contributed by atoms with E-state index in [1.54, 1.807) is 19.1 Å². The van der Waals surface area contributed by atoms with E-state index in [0.29, 0.717) is 6.42 Å². The number of nitrogens with zero attached hydrogens (tertiary/aromatic N) is 1. The molecule has 0 aliphatic rings. The van der Waals surface area contributed by atoms with E-state index < -0.39 is 36.5 Å². The van der Waals surface area contributed by atoms with E-state index in [9.17, 15) is 18.8 Å². The van der Waals surface area contributed by atoms with Gasteiger partial charge in [-0.05, 0) is 48.9 Å². The monoisotopic (exact) mass is 593 g/mol. The summed E-state index contributed by atoms with van der Waals surface area (Å²) in [6.45, 7) is 6.42. The lowest BCUT2D eigenvalue weighted by Crippen LogP contribution is -2.34. The van der Waals surface area contributed by atoms with E-state index in [1.165, 1.54) is 44.0 Å². The second-order valence-electron chi connectivity index (χ2n) is 10.6. The average molecular weight is 594 g/mol. The zero-order valence-electron chi connectivity index (χ0n) is 25.4. The molecule has 0 N–H and O–H groups in total. The highest BCUT2D eigenvalue weighted by atomic mass is 19.1. The third kappa shape index (κ3) is 9.91. The number of ether oxygens (including phenoxy) is 4. The minimum Gasteiger partial charge on any atom is -0.493 e. The van der Waals surface area contributed by atoms with E-state index in [-0.39, 0.29) is 41.3 Å². The number of carbonyl (C=O) groups excluding carboxylic acids is 3. The molecule has 3 rings (SSSR count). The summed E-state index contributed by atoms with van der Waals surface area (Å²) in [6, 6.07) is 18.1. The third-order valence-electron chi connectivity index (χ3n) is 7.47. The van der Waals surface area contributed by atoms with Crippen molar-refractivity contribution in [2.75, 3.05) is 13.9 Å². The second kappa shape index (κ2) is 16.4. The first kappa shape index (κ1) is 33.2. The lowest BCUT2D eigenvalue weighted by atomic mass is 9.78. The molecule has 0 aliphatic carbocycles. The number of hydrogen-bond acceptors (Lipinski definition) is 8. The van der Waals surface area contributed by atoms with Crippen molar-refractivity contribution in [3.05, 3.63) is 89.5 Å². The second-order valence-corrected chi connectivity index (χ2v) is 10.6. The topological polar surface area (TPSA) is 101 Å². The lowest BCUT2D eigenvalue weighted by Gasteiger charge is -2.32. The number of hydrogen-bond donors (Lipinski definition) is 0. The fourth-order valence-electron chi connectivity index (χ4n) is 5.07. The fourth-order valence-corrected chi connectivity index (χ4v) is 5.07. The molecule has 0 amide bonds. The molecule has 8 nitrogen and oxygen atoms in total. The first-order valence-electron chi connectivity index (χ1n) is 14.4. The van der Waals surface area contributed by atoms with Gasteiger partial charge in [0.25, 0.3) is 0 Å².